The molecule has 8 heteroatoms. The van der Waals surface area contributed by atoms with E-state index in [2.05, 4.69) is 5.32 Å². The topological polar surface area (TPSA) is 111 Å². The fourth-order valence-corrected chi connectivity index (χ4v) is 3.60. The number of amides is 2. The molecule has 0 bridgehead atoms. The number of rotatable bonds is 4. The van der Waals surface area contributed by atoms with E-state index < -0.39 is 5.91 Å². The van der Waals surface area contributed by atoms with Gasteiger partial charge in [0.15, 0.2) is 0 Å². The van der Waals surface area contributed by atoms with Crippen LogP contribution in [0.25, 0.3) is 0 Å². The summed E-state index contributed by atoms with van der Waals surface area (Å²) >= 11 is 1.17. The summed E-state index contributed by atoms with van der Waals surface area (Å²) in [6.07, 6.45) is 2.04. The predicted molar refractivity (Wildman–Crippen MR) is 82.9 cm³/mol. The van der Waals surface area contributed by atoms with E-state index in [9.17, 15) is 9.59 Å². The average Bonchev–Trinajstić information content (AvgIpc) is 2.84. The number of carbonyl (C=O) groups excluding carboxylic acids is 2. The Morgan fingerprint density at radius 1 is 1.48 bits per heavy atom. The van der Waals surface area contributed by atoms with E-state index in [1.807, 2.05) is 4.90 Å². The molecule has 0 saturated carbocycles. The number of nitrogens with two attached hydrogens (primary N) is 2. The quantitative estimate of drug-likeness (QED) is 0.745. The van der Waals surface area contributed by atoms with Gasteiger partial charge in [0.25, 0.3) is 11.8 Å². The van der Waals surface area contributed by atoms with E-state index in [4.69, 9.17) is 16.2 Å². The standard InChI is InChI=1S/C13H20N4O3S/c1-16-12(19)8-9(14)10(11(15)18)21-13(8)17-5-3-4-7(6-17)20-2/h7H,3-6,14H2,1-2H3,(H2,15,18)(H,16,19). The van der Waals surface area contributed by atoms with Gasteiger partial charge in [-0.1, -0.05) is 0 Å². The summed E-state index contributed by atoms with van der Waals surface area (Å²) in [4.78, 5) is 25.8. The molecule has 1 aromatic heterocycles. The number of ether oxygens (including phenoxy) is 1. The maximum absolute atomic E-state index is 12.1. The molecule has 1 atom stereocenters. The number of piperidine rings is 1. The highest BCUT2D eigenvalue weighted by atomic mass is 32.1. The number of hydrogen-bond donors (Lipinski definition) is 3. The number of methoxy groups -OCH3 is 1. The van der Waals surface area contributed by atoms with E-state index >= 15 is 0 Å². The van der Waals surface area contributed by atoms with Gasteiger partial charge in [-0.2, -0.15) is 0 Å². The van der Waals surface area contributed by atoms with Crippen LogP contribution >= 0.6 is 11.3 Å². The van der Waals surface area contributed by atoms with Gasteiger partial charge >= 0.3 is 0 Å². The molecule has 2 heterocycles. The zero-order valence-electron chi connectivity index (χ0n) is 12.1. The van der Waals surface area contributed by atoms with Crippen LogP contribution < -0.4 is 21.7 Å². The number of thiophene rings is 1. The van der Waals surface area contributed by atoms with Crippen molar-refractivity contribution in [3.05, 3.63) is 10.4 Å². The van der Waals surface area contributed by atoms with Crippen LogP contribution in [0.2, 0.25) is 0 Å². The minimum absolute atomic E-state index is 0.108. The van der Waals surface area contributed by atoms with Gasteiger partial charge in [-0.15, -0.1) is 11.3 Å². The lowest BCUT2D eigenvalue weighted by atomic mass is 10.1. The van der Waals surface area contributed by atoms with E-state index in [-0.39, 0.29) is 22.6 Å². The SMILES string of the molecule is CNC(=O)c1c(N2CCCC(OC)C2)sc(C(N)=O)c1N. The molecule has 1 aliphatic rings. The Balaban J connectivity index is 2.44. The molecule has 0 aliphatic carbocycles. The van der Waals surface area contributed by atoms with Crippen LogP contribution in [0, 0.1) is 0 Å². The Bertz CT molecular complexity index is 558. The van der Waals surface area contributed by atoms with E-state index in [1.54, 1.807) is 7.11 Å². The summed E-state index contributed by atoms with van der Waals surface area (Å²) < 4.78 is 5.39. The van der Waals surface area contributed by atoms with Gasteiger partial charge in [-0.3, -0.25) is 9.59 Å². The number of anilines is 2. The van der Waals surface area contributed by atoms with Gasteiger partial charge in [-0.05, 0) is 12.8 Å². The summed E-state index contributed by atoms with van der Waals surface area (Å²) in [5.74, 6) is -0.931. The van der Waals surface area contributed by atoms with Crippen LogP contribution in [-0.4, -0.2) is 45.2 Å². The summed E-state index contributed by atoms with van der Waals surface area (Å²) in [5.41, 5.74) is 11.8. The summed E-state index contributed by atoms with van der Waals surface area (Å²) in [6, 6.07) is 0. The highest BCUT2D eigenvalue weighted by Gasteiger charge is 2.29. The van der Waals surface area contributed by atoms with Crippen molar-refractivity contribution in [3.8, 4) is 0 Å². The minimum Gasteiger partial charge on any atom is -0.397 e. The number of primary amides is 1. The maximum Gasteiger partial charge on any atom is 0.260 e. The molecular formula is C13H20N4O3S. The maximum atomic E-state index is 12.1. The molecule has 5 N–H and O–H groups in total. The first-order valence-electron chi connectivity index (χ1n) is 6.71. The van der Waals surface area contributed by atoms with Crippen molar-refractivity contribution in [1.82, 2.24) is 5.32 Å². The third-order valence-corrected chi connectivity index (χ3v) is 4.88. The van der Waals surface area contributed by atoms with Gasteiger partial charge in [0.1, 0.15) is 9.88 Å². The minimum atomic E-state index is -0.616. The number of carbonyl (C=O) groups is 2. The molecule has 1 aromatic rings. The molecule has 0 spiro atoms. The second-order valence-electron chi connectivity index (χ2n) is 4.91. The first kappa shape index (κ1) is 15.6. The Morgan fingerprint density at radius 2 is 2.19 bits per heavy atom. The lowest BCUT2D eigenvalue weighted by molar-refractivity contribution is 0.0890. The molecule has 2 amide bonds. The average molecular weight is 312 g/mol. The first-order chi connectivity index (χ1) is 9.99. The monoisotopic (exact) mass is 312 g/mol. The predicted octanol–water partition coefficient (Wildman–Crippen LogP) is 0.404. The smallest absolute Gasteiger partial charge is 0.260 e. The Kier molecular flexibility index (Phi) is 4.69. The van der Waals surface area contributed by atoms with Crippen molar-refractivity contribution in [2.75, 3.05) is 37.9 Å². The van der Waals surface area contributed by atoms with E-state index in [0.29, 0.717) is 17.1 Å². The number of nitrogen functional groups attached to an aromatic ring is 1. The highest BCUT2D eigenvalue weighted by Crippen LogP contribution is 2.39. The van der Waals surface area contributed by atoms with Crippen molar-refractivity contribution in [3.63, 3.8) is 0 Å². The zero-order valence-corrected chi connectivity index (χ0v) is 13.0. The molecule has 1 aliphatic heterocycles. The van der Waals surface area contributed by atoms with Gasteiger partial charge in [0.05, 0.1) is 17.4 Å². The first-order valence-corrected chi connectivity index (χ1v) is 7.53. The normalized spacial score (nSPS) is 18.6. The van der Waals surface area contributed by atoms with Crippen LogP contribution in [-0.2, 0) is 4.74 Å². The van der Waals surface area contributed by atoms with Gasteiger partial charge < -0.3 is 26.4 Å². The molecule has 1 saturated heterocycles. The van der Waals surface area contributed by atoms with E-state index in [1.165, 1.54) is 18.4 Å². The fourth-order valence-electron chi connectivity index (χ4n) is 2.50. The Labute approximate surface area is 127 Å². The molecule has 7 nitrogen and oxygen atoms in total. The largest absolute Gasteiger partial charge is 0.397 e. The third kappa shape index (κ3) is 2.96. The van der Waals surface area contributed by atoms with Crippen molar-refractivity contribution in [2.24, 2.45) is 5.73 Å². The number of nitrogens with zero attached hydrogens (tertiary/aromatic N) is 1. The lowest BCUT2D eigenvalue weighted by Gasteiger charge is -2.33. The van der Waals surface area contributed by atoms with Crippen molar-refractivity contribution >= 4 is 33.8 Å². The number of hydrogen-bond acceptors (Lipinski definition) is 6. The molecular weight excluding hydrogens is 292 g/mol. The van der Waals surface area contributed by atoms with Crippen LogP contribution in [0.3, 0.4) is 0 Å². The Morgan fingerprint density at radius 3 is 2.76 bits per heavy atom. The van der Waals surface area contributed by atoms with Gasteiger partial charge in [0.2, 0.25) is 0 Å². The fraction of sp³-hybridized carbons (Fsp3) is 0.538. The zero-order chi connectivity index (χ0) is 15.6. The lowest BCUT2D eigenvalue weighted by Crippen LogP contribution is -2.39. The summed E-state index contributed by atoms with van der Waals surface area (Å²) in [7, 11) is 3.20. The molecule has 0 aromatic carbocycles. The van der Waals surface area contributed by atoms with Crippen molar-refractivity contribution in [2.45, 2.75) is 18.9 Å². The molecule has 1 unspecified atom stereocenters. The molecule has 116 valence electrons. The second kappa shape index (κ2) is 6.31. The molecule has 21 heavy (non-hydrogen) atoms. The number of nitrogens with one attached hydrogen (secondary N) is 1. The van der Waals surface area contributed by atoms with E-state index in [0.717, 1.165) is 19.4 Å². The van der Waals surface area contributed by atoms with Crippen LogP contribution in [0.15, 0.2) is 0 Å². The van der Waals surface area contributed by atoms with Gasteiger partial charge in [-0.25, -0.2) is 0 Å². The molecule has 1 fully saturated rings. The highest BCUT2D eigenvalue weighted by molar-refractivity contribution is 7.19. The summed E-state index contributed by atoms with van der Waals surface area (Å²) in [5, 5.41) is 3.24. The second-order valence-corrected chi connectivity index (χ2v) is 5.91. The van der Waals surface area contributed by atoms with Crippen LogP contribution in [0.1, 0.15) is 32.9 Å². The summed E-state index contributed by atoms with van der Waals surface area (Å²) in [6.45, 7) is 1.46. The van der Waals surface area contributed by atoms with Crippen LogP contribution in [0.4, 0.5) is 10.7 Å². The van der Waals surface area contributed by atoms with Gasteiger partial charge in [0, 0.05) is 27.2 Å². The molecule has 0 radical (unpaired) electrons. The Hall–Kier alpha value is -1.80. The van der Waals surface area contributed by atoms with Crippen LogP contribution in [0.5, 0.6) is 0 Å². The van der Waals surface area contributed by atoms with Crippen molar-refractivity contribution < 1.29 is 14.3 Å². The third-order valence-electron chi connectivity index (χ3n) is 3.60. The van der Waals surface area contributed by atoms with Crippen molar-refractivity contribution in [1.29, 1.82) is 0 Å². The molecule has 2 rings (SSSR count).